The molecule has 3 heteroatoms. The third kappa shape index (κ3) is 8.25. The summed E-state index contributed by atoms with van der Waals surface area (Å²) in [6.45, 7) is 5.90. The van der Waals surface area contributed by atoms with Crippen LogP contribution in [0.25, 0.3) is 0 Å². The van der Waals surface area contributed by atoms with Crippen LogP contribution in [0.4, 0.5) is 0 Å². The number of unbranched alkanes of at least 4 members (excludes halogenated alkanes) is 3. The molecule has 0 N–H and O–H groups in total. The Morgan fingerprint density at radius 1 is 1.33 bits per heavy atom. The summed E-state index contributed by atoms with van der Waals surface area (Å²) in [5, 5.41) is 0. The van der Waals surface area contributed by atoms with Gasteiger partial charge in [-0.1, -0.05) is 31.6 Å². The van der Waals surface area contributed by atoms with Gasteiger partial charge in [0, 0.05) is 5.88 Å². The number of halogens is 1. The average molecular weight is 231 g/mol. The fraction of sp³-hybridized carbons (Fsp3) is 0.583. The zero-order valence-electron chi connectivity index (χ0n) is 9.30. The Hall–Kier alpha value is -0.760. The highest BCUT2D eigenvalue weighted by atomic mass is 35.5. The second-order valence-corrected chi connectivity index (χ2v) is 3.64. The molecule has 0 amide bonds. The van der Waals surface area contributed by atoms with E-state index in [0.29, 0.717) is 18.1 Å². The summed E-state index contributed by atoms with van der Waals surface area (Å²) >= 11 is 5.54. The maximum Gasteiger partial charge on any atom is 0.337 e. The predicted octanol–water partition coefficient (Wildman–Crippen LogP) is 3.46. The standard InChI is InChI=1S/C12H19ClO2/c1-3-8-11(2)12(14)15-10-7-5-4-6-9-13/h3,8H,2,4-7,9-10H2,1H3/b8-3-. The van der Waals surface area contributed by atoms with Gasteiger partial charge in [-0.25, -0.2) is 4.79 Å². The molecule has 0 heterocycles. The molecule has 0 fully saturated rings. The normalized spacial score (nSPS) is 10.5. The molecule has 0 unspecified atom stereocenters. The Labute approximate surface area is 97.0 Å². The van der Waals surface area contributed by atoms with Gasteiger partial charge in [0.1, 0.15) is 0 Å². The second-order valence-electron chi connectivity index (χ2n) is 3.26. The van der Waals surface area contributed by atoms with Crippen LogP contribution in [0.2, 0.25) is 0 Å². The quantitative estimate of drug-likeness (QED) is 0.210. The van der Waals surface area contributed by atoms with Crippen molar-refractivity contribution in [3.63, 3.8) is 0 Å². The molecule has 0 radical (unpaired) electrons. The minimum Gasteiger partial charge on any atom is -0.462 e. The molecular formula is C12H19ClO2. The Kier molecular flexibility index (Phi) is 9.29. The van der Waals surface area contributed by atoms with Crippen LogP contribution < -0.4 is 0 Å². The van der Waals surface area contributed by atoms with Crippen LogP contribution in [-0.2, 0) is 9.53 Å². The van der Waals surface area contributed by atoms with E-state index in [9.17, 15) is 4.79 Å². The fourth-order valence-electron chi connectivity index (χ4n) is 1.08. The highest BCUT2D eigenvalue weighted by molar-refractivity contribution is 6.17. The molecule has 0 saturated heterocycles. The highest BCUT2D eigenvalue weighted by Gasteiger charge is 2.03. The van der Waals surface area contributed by atoms with Crippen molar-refractivity contribution in [2.24, 2.45) is 0 Å². The minimum absolute atomic E-state index is 0.328. The summed E-state index contributed by atoms with van der Waals surface area (Å²) in [6, 6.07) is 0. The van der Waals surface area contributed by atoms with E-state index in [1.165, 1.54) is 0 Å². The van der Waals surface area contributed by atoms with Crippen molar-refractivity contribution in [1.29, 1.82) is 0 Å². The van der Waals surface area contributed by atoms with Crippen molar-refractivity contribution in [2.75, 3.05) is 12.5 Å². The van der Waals surface area contributed by atoms with Gasteiger partial charge in [-0.15, -0.1) is 11.6 Å². The summed E-state index contributed by atoms with van der Waals surface area (Å²) in [6.07, 6.45) is 7.49. The van der Waals surface area contributed by atoms with Crippen LogP contribution in [0, 0.1) is 0 Å². The lowest BCUT2D eigenvalue weighted by molar-refractivity contribution is -0.138. The summed E-state index contributed by atoms with van der Waals surface area (Å²) in [4.78, 5) is 11.2. The number of esters is 1. The van der Waals surface area contributed by atoms with Gasteiger partial charge in [0.25, 0.3) is 0 Å². The van der Waals surface area contributed by atoms with E-state index in [1.54, 1.807) is 12.2 Å². The molecule has 86 valence electrons. The highest BCUT2D eigenvalue weighted by Crippen LogP contribution is 2.03. The molecular weight excluding hydrogens is 212 g/mol. The van der Waals surface area contributed by atoms with Crippen molar-refractivity contribution in [2.45, 2.75) is 32.6 Å². The van der Waals surface area contributed by atoms with E-state index < -0.39 is 0 Å². The molecule has 0 aliphatic carbocycles. The first-order chi connectivity index (χ1) is 7.22. The zero-order valence-corrected chi connectivity index (χ0v) is 10.1. The molecule has 0 spiro atoms. The van der Waals surface area contributed by atoms with Crippen LogP contribution >= 0.6 is 11.6 Å². The molecule has 0 aromatic carbocycles. The average Bonchev–Trinajstić information content (AvgIpc) is 2.23. The van der Waals surface area contributed by atoms with Gasteiger partial charge < -0.3 is 4.74 Å². The number of ether oxygens (including phenoxy) is 1. The van der Waals surface area contributed by atoms with Crippen LogP contribution in [0.15, 0.2) is 24.3 Å². The van der Waals surface area contributed by atoms with E-state index in [2.05, 4.69) is 6.58 Å². The number of carbonyl (C=O) groups excluding carboxylic acids is 1. The van der Waals surface area contributed by atoms with Gasteiger partial charge in [0.15, 0.2) is 0 Å². The topological polar surface area (TPSA) is 26.3 Å². The van der Waals surface area contributed by atoms with Crippen molar-refractivity contribution in [1.82, 2.24) is 0 Å². The number of hydrogen-bond acceptors (Lipinski definition) is 2. The first kappa shape index (κ1) is 14.2. The molecule has 0 aromatic heterocycles. The summed E-state index contributed by atoms with van der Waals surface area (Å²) < 4.78 is 5.01. The van der Waals surface area contributed by atoms with Gasteiger partial charge in [0.2, 0.25) is 0 Å². The van der Waals surface area contributed by atoms with Crippen molar-refractivity contribution in [3.8, 4) is 0 Å². The molecule has 2 nitrogen and oxygen atoms in total. The number of hydrogen-bond donors (Lipinski definition) is 0. The molecule has 0 aliphatic rings. The Morgan fingerprint density at radius 2 is 2.00 bits per heavy atom. The lowest BCUT2D eigenvalue weighted by Gasteiger charge is -2.03. The largest absolute Gasteiger partial charge is 0.462 e. The SMILES string of the molecule is C=C(/C=C\C)C(=O)OCCCCCCCl. The van der Waals surface area contributed by atoms with E-state index in [4.69, 9.17) is 16.3 Å². The van der Waals surface area contributed by atoms with E-state index in [-0.39, 0.29) is 5.97 Å². The third-order valence-corrected chi connectivity index (χ3v) is 2.16. The fourth-order valence-corrected chi connectivity index (χ4v) is 1.27. The van der Waals surface area contributed by atoms with Gasteiger partial charge in [-0.2, -0.15) is 0 Å². The second kappa shape index (κ2) is 9.78. The smallest absolute Gasteiger partial charge is 0.337 e. The first-order valence-electron chi connectivity index (χ1n) is 5.27. The zero-order chi connectivity index (χ0) is 11.5. The van der Waals surface area contributed by atoms with Crippen LogP contribution in [-0.4, -0.2) is 18.5 Å². The molecule has 0 rings (SSSR count). The molecule has 0 aliphatic heterocycles. The van der Waals surface area contributed by atoms with Crippen molar-refractivity contribution in [3.05, 3.63) is 24.3 Å². The molecule has 0 aromatic rings. The predicted molar refractivity (Wildman–Crippen MR) is 64.1 cm³/mol. The maximum atomic E-state index is 11.2. The number of rotatable bonds is 8. The summed E-state index contributed by atoms with van der Waals surface area (Å²) in [5.74, 6) is 0.378. The third-order valence-electron chi connectivity index (χ3n) is 1.89. The van der Waals surface area contributed by atoms with Crippen molar-refractivity contribution >= 4 is 17.6 Å². The maximum absolute atomic E-state index is 11.2. The lowest BCUT2D eigenvalue weighted by Crippen LogP contribution is -2.06. The van der Waals surface area contributed by atoms with Gasteiger partial charge in [-0.05, 0) is 19.8 Å². The van der Waals surface area contributed by atoms with E-state index in [0.717, 1.165) is 25.7 Å². The monoisotopic (exact) mass is 230 g/mol. The van der Waals surface area contributed by atoms with Gasteiger partial charge in [-0.3, -0.25) is 0 Å². The van der Waals surface area contributed by atoms with Crippen LogP contribution in [0.1, 0.15) is 32.6 Å². The molecule has 0 bridgehead atoms. The van der Waals surface area contributed by atoms with E-state index in [1.807, 2.05) is 6.92 Å². The number of carbonyl (C=O) groups is 1. The lowest BCUT2D eigenvalue weighted by atomic mass is 10.2. The van der Waals surface area contributed by atoms with Crippen molar-refractivity contribution < 1.29 is 9.53 Å². The number of alkyl halides is 1. The summed E-state index contributed by atoms with van der Waals surface area (Å²) in [7, 11) is 0. The Balaban J connectivity index is 3.43. The van der Waals surface area contributed by atoms with Crippen LogP contribution in [0.5, 0.6) is 0 Å². The molecule has 0 atom stereocenters. The van der Waals surface area contributed by atoms with Crippen LogP contribution in [0.3, 0.4) is 0 Å². The van der Waals surface area contributed by atoms with Gasteiger partial charge in [0.05, 0.1) is 12.2 Å². The molecule has 15 heavy (non-hydrogen) atoms. The van der Waals surface area contributed by atoms with E-state index >= 15 is 0 Å². The Bertz CT molecular complexity index is 222. The number of allylic oxidation sites excluding steroid dienone is 1. The minimum atomic E-state index is -0.328. The molecule has 0 saturated carbocycles. The summed E-state index contributed by atoms with van der Waals surface area (Å²) in [5.41, 5.74) is 0.401. The Morgan fingerprint density at radius 3 is 2.60 bits per heavy atom. The van der Waals surface area contributed by atoms with Gasteiger partial charge >= 0.3 is 5.97 Å². The first-order valence-corrected chi connectivity index (χ1v) is 5.80.